The van der Waals surface area contributed by atoms with Crippen molar-refractivity contribution in [1.29, 1.82) is 0 Å². The number of rotatable bonds is 1. The molecular weight excluding hydrogens is 188 g/mol. The Labute approximate surface area is 78.8 Å². The van der Waals surface area contributed by atoms with Crippen LogP contribution in [0.3, 0.4) is 0 Å². The van der Waals surface area contributed by atoms with Crippen LogP contribution in [0.4, 0.5) is 0 Å². The Bertz CT molecular complexity index is 421. The number of fused-ring (bicyclic) bond motifs is 1. The molecule has 2 rings (SSSR count). The number of aldehydes is 1. The fraction of sp³-hybridized carbons (Fsp3) is 0. The number of benzene rings is 1. The van der Waals surface area contributed by atoms with Gasteiger partial charge in [0.05, 0.1) is 5.56 Å². The van der Waals surface area contributed by atoms with Crippen molar-refractivity contribution < 1.29 is 24.5 Å². The molecule has 0 saturated heterocycles. The SMILES string of the molecule is O=Cc1cccc2c1OC(O)=C(O)O2. The predicted molar refractivity (Wildman–Crippen MR) is 45.4 cm³/mol. The largest absolute Gasteiger partial charge is 0.476 e. The second-order valence-electron chi connectivity index (χ2n) is 2.61. The van der Waals surface area contributed by atoms with Crippen molar-refractivity contribution in [3.63, 3.8) is 0 Å². The number of para-hydroxylation sites is 1. The Morgan fingerprint density at radius 2 is 1.86 bits per heavy atom. The van der Waals surface area contributed by atoms with E-state index in [0.29, 0.717) is 6.29 Å². The fourth-order valence-corrected chi connectivity index (χ4v) is 1.10. The van der Waals surface area contributed by atoms with E-state index in [4.69, 9.17) is 19.7 Å². The summed E-state index contributed by atoms with van der Waals surface area (Å²) in [5, 5.41) is 18.0. The van der Waals surface area contributed by atoms with Gasteiger partial charge in [-0.2, -0.15) is 0 Å². The van der Waals surface area contributed by atoms with E-state index in [0.717, 1.165) is 0 Å². The zero-order valence-corrected chi connectivity index (χ0v) is 6.93. The Kier molecular flexibility index (Phi) is 1.78. The summed E-state index contributed by atoms with van der Waals surface area (Å²) in [6.45, 7) is 0. The molecule has 1 heterocycles. The lowest BCUT2D eigenvalue weighted by Gasteiger charge is -2.17. The number of hydrogen-bond acceptors (Lipinski definition) is 5. The lowest BCUT2D eigenvalue weighted by Crippen LogP contribution is -2.12. The average molecular weight is 194 g/mol. The lowest BCUT2D eigenvalue weighted by molar-refractivity contribution is 0.0839. The van der Waals surface area contributed by atoms with E-state index < -0.39 is 11.9 Å². The molecule has 0 bridgehead atoms. The third kappa shape index (κ3) is 1.15. The molecule has 0 aliphatic carbocycles. The van der Waals surface area contributed by atoms with E-state index in [2.05, 4.69) is 0 Å². The maximum Gasteiger partial charge on any atom is 0.367 e. The molecule has 0 saturated carbocycles. The van der Waals surface area contributed by atoms with Gasteiger partial charge in [-0.1, -0.05) is 6.07 Å². The van der Waals surface area contributed by atoms with Gasteiger partial charge >= 0.3 is 11.9 Å². The molecule has 0 atom stereocenters. The van der Waals surface area contributed by atoms with Gasteiger partial charge in [0.15, 0.2) is 17.8 Å². The van der Waals surface area contributed by atoms with Gasteiger partial charge in [-0.3, -0.25) is 4.79 Å². The molecule has 5 nitrogen and oxygen atoms in total. The summed E-state index contributed by atoms with van der Waals surface area (Å²) in [7, 11) is 0. The first kappa shape index (κ1) is 8.43. The first-order valence-electron chi connectivity index (χ1n) is 3.78. The highest BCUT2D eigenvalue weighted by atomic mass is 16.7. The van der Waals surface area contributed by atoms with Gasteiger partial charge in [-0.15, -0.1) is 0 Å². The summed E-state index contributed by atoms with van der Waals surface area (Å²) in [4.78, 5) is 10.6. The number of aliphatic hydroxyl groups excluding tert-OH is 2. The highest BCUT2D eigenvalue weighted by Gasteiger charge is 2.23. The molecule has 0 radical (unpaired) electrons. The first-order valence-corrected chi connectivity index (χ1v) is 3.78. The minimum atomic E-state index is -0.758. The normalized spacial score (nSPS) is 14.0. The third-order valence-corrected chi connectivity index (χ3v) is 1.72. The smallest absolute Gasteiger partial charge is 0.367 e. The highest BCUT2D eigenvalue weighted by molar-refractivity contribution is 5.81. The van der Waals surface area contributed by atoms with Crippen molar-refractivity contribution in [3.05, 3.63) is 35.7 Å². The molecule has 2 N–H and O–H groups in total. The van der Waals surface area contributed by atoms with E-state index in [1.54, 1.807) is 6.07 Å². The molecule has 72 valence electrons. The molecule has 0 spiro atoms. The van der Waals surface area contributed by atoms with Gasteiger partial charge in [0, 0.05) is 0 Å². The molecule has 1 aromatic carbocycles. The van der Waals surface area contributed by atoms with Gasteiger partial charge in [0.2, 0.25) is 0 Å². The van der Waals surface area contributed by atoms with Crippen molar-refractivity contribution >= 4 is 6.29 Å². The van der Waals surface area contributed by atoms with Crippen molar-refractivity contribution in [3.8, 4) is 11.5 Å². The summed E-state index contributed by atoms with van der Waals surface area (Å²) in [6.07, 6.45) is 0.567. The Hall–Kier alpha value is -2.17. The van der Waals surface area contributed by atoms with Crippen LogP contribution < -0.4 is 9.47 Å². The lowest BCUT2D eigenvalue weighted by atomic mass is 10.2. The molecule has 0 amide bonds. The molecule has 0 unspecified atom stereocenters. The van der Waals surface area contributed by atoms with Crippen molar-refractivity contribution in [2.75, 3.05) is 0 Å². The molecule has 0 fully saturated rings. The van der Waals surface area contributed by atoms with Gasteiger partial charge in [-0.25, -0.2) is 0 Å². The first-order chi connectivity index (χ1) is 6.72. The average Bonchev–Trinajstić information content (AvgIpc) is 2.19. The van der Waals surface area contributed by atoms with Crippen molar-refractivity contribution in [2.24, 2.45) is 0 Å². The van der Waals surface area contributed by atoms with Gasteiger partial charge in [-0.05, 0) is 12.1 Å². The summed E-state index contributed by atoms with van der Waals surface area (Å²) in [5.74, 6) is -1.20. The van der Waals surface area contributed by atoms with E-state index >= 15 is 0 Å². The van der Waals surface area contributed by atoms with Crippen molar-refractivity contribution in [1.82, 2.24) is 0 Å². The fourth-order valence-electron chi connectivity index (χ4n) is 1.10. The van der Waals surface area contributed by atoms with E-state index in [1.807, 2.05) is 0 Å². The number of carbonyl (C=O) groups excluding carboxylic acids is 1. The molecule has 1 aliphatic heterocycles. The molecule has 14 heavy (non-hydrogen) atoms. The van der Waals surface area contributed by atoms with Gasteiger partial charge < -0.3 is 19.7 Å². The number of carbonyl (C=O) groups is 1. The number of ether oxygens (including phenoxy) is 2. The Balaban J connectivity index is 2.52. The van der Waals surface area contributed by atoms with Crippen LogP contribution in [0.2, 0.25) is 0 Å². The minimum absolute atomic E-state index is 0.0952. The van der Waals surface area contributed by atoms with Crippen LogP contribution in [0.25, 0.3) is 0 Å². The summed E-state index contributed by atoms with van der Waals surface area (Å²) in [6, 6.07) is 4.58. The van der Waals surface area contributed by atoms with E-state index in [-0.39, 0.29) is 17.1 Å². The van der Waals surface area contributed by atoms with Crippen LogP contribution in [0.1, 0.15) is 10.4 Å². The Morgan fingerprint density at radius 3 is 2.57 bits per heavy atom. The van der Waals surface area contributed by atoms with Crippen LogP contribution >= 0.6 is 0 Å². The van der Waals surface area contributed by atoms with Crippen LogP contribution in [0.15, 0.2) is 30.1 Å². The number of hydrogen-bond donors (Lipinski definition) is 2. The third-order valence-electron chi connectivity index (χ3n) is 1.72. The highest BCUT2D eigenvalue weighted by Crippen LogP contribution is 2.35. The topological polar surface area (TPSA) is 76.0 Å². The second-order valence-corrected chi connectivity index (χ2v) is 2.61. The maximum absolute atomic E-state index is 10.6. The predicted octanol–water partition coefficient (Wildman–Crippen LogP) is 1.51. The van der Waals surface area contributed by atoms with E-state index in [9.17, 15) is 4.79 Å². The standard InChI is InChI=1S/C9H6O5/c10-4-5-2-1-3-6-7(5)14-9(12)8(11)13-6/h1-4,11-12H. The maximum atomic E-state index is 10.6. The van der Waals surface area contributed by atoms with Crippen LogP contribution in [-0.2, 0) is 0 Å². The zero-order valence-electron chi connectivity index (χ0n) is 6.93. The van der Waals surface area contributed by atoms with Crippen LogP contribution in [-0.4, -0.2) is 16.5 Å². The second kappa shape index (κ2) is 2.95. The van der Waals surface area contributed by atoms with Crippen molar-refractivity contribution in [2.45, 2.75) is 0 Å². The molecular formula is C9H6O5. The van der Waals surface area contributed by atoms with Crippen LogP contribution in [0.5, 0.6) is 11.5 Å². The summed E-state index contributed by atoms with van der Waals surface area (Å²) >= 11 is 0. The summed E-state index contributed by atoms with van der Waals surface area (Å²) < 4.78 is 9.58. The zero-order chi connectivity index (χ0) is 10.1. The molecule has 1 aliphatic rings. The van der Waals surface area contributed by atoms with Gasteiger partial charge in [0.1, 0.15) is 0 Å². The Morgan fingerprint density at radius 1 is 1.14 bits per heavy atom. The molecule has 5 heteroatoms. The van der Waals surface area contributed by atoms with Crippen LogP contribution in [0, 0.1) is 0 Å². The van der Waals surface area contributed by atoms with Gasteiger partial charge in [0.25, 0.3) is 0 Å². The molecule has 1 aromatic rings. The number of aliphatic hydroxyl groups is 2. The van der Waals surface area contributed by atoms with E-state index in [1.165, 1.54) is 12.1 Å². The molecule has 0 aromatic heterocycles. The minimum Gasteiger partial charge on any atom is -0.476 e. The summed E-state index contributed by atoms with van der Waals surface area (Å²) in [5.41, 5.74) is 0.238. The quantitative estimate of drug-likeness (QED) is 0.662. The monoisotopic (exact) mass is 194 g/mol.